The van der Waals surface area contributed by atoms with Crippen LogP contribution in [-0.2, 0) is 16.0 Å². The number of piperidine rings is 1. The van der Waals surface area contributed by atoms with E-state index in [9.17, 15) is 9.59 Å². The van der Waals surface area contributed by atoms with Crippen LogP contribution in [0.25, 0.3) is 0 Å². The van der Waals surface area contributed by atoms with Crippen LogP contribution in [0.15, 0.2) is 48.5 Å². The molecule has 0 aromatic heterocycles. The Morgan fingerprint density at radius 3 is 2.20 bits per heavy atom. The zero-order valence-corrected chi connectivity index (χ0v) is 18.8. The third-order valence-corrected chi connectivity index (χ3v) is 6.13. The Labute approximate surface area is 184 Å². The van der Waals surface area contributed by atoms with Crippen LogP contribution < -0.4 is 5.32 Å². The zero-order chi connectivity index (χ0) is 21.7. The Balaban J connectivity index is 1.56. The van der Waals surface area contributed by atoms with Gasteiger partial charge in [-0.1, -0.05) is 67.4 Å². The molecule has 2 aromatic carbocycles. The number of aryl methyl sites for hydroxylation is 1. The van der Waals surface area contributed by atoms with Crippen LogP contribution in [0, 0.1) is 12.8 Å². The van der Waals surface area contributed by atoms with Crippen LogP contribution in [0.3, 0.4) is 0 Å². The van der Waals surface area contributed by atoms with Gasteiger partial charge in [-0.3, -0.25) is 9.59 Å². The number of benzene rings is 2. The highest BCUT2D eigenvalue weighted by Gasteiger charge is 2.31. The monoisotopic (exact) mass is 426 g/mol. The first-order chi connectivity index (χ1) is 14.3. The van der Waals surface area contributed by atoms with Crippen molar-refractivity contribution in [2.45, 2.75) is 52.0 Å². The molecule has 0 saturated carbocycles. The van der Waals surface area contributed by atoms with Crippen molar-refractivity contribution >= 4 is 23.4 Å². The van der Waals surface area contributed by atoms with Crippen molar-refractivity contribution in [1.82, 2.24) is 10.2 Å². The minimum Gasteiger partial charge on any atom is -0.344 e. The molecule has 1 saturated heterocycles. The number of halogens is 1. The molecule has 2 amide bonds. The van der Waals surface area contributed by atoms with Crippen LogP contribution in [-0.4, -0.2) is 35.8 Å². The summed E-state index contributed by atoms with van der Waals surface area (Å²) in [6, 6.07) is 15.4. The molecule has 0 unspecified atom stereocenters. The molecule has 0 bridgehead atoms. The number of likely N-dealkylation sites (tertiary alicyclic amines) is 1. The lowest BCUT2D eigenvalue weighted by Crippen LogP contribution is -2.53. The van der Waals surface area contributed by atoms with Gasteiger partial charge in [0.05, 0.1) is 6.42 Å². The molecule has 4 nitrogen and oxygen atoms in total. The van der Waals surface area contributed by atoms with Gasteiger partial charge in [-0.15, -0.1) is 0 Å². The maximum Gasteiger partial charge on any atom is 0.245 e. The fourth-order valence-electron chi connectivity index (χ4n) is 3.99. The van der Waals surface area contributed by atoms with Crippen LogP contribution in [0.2, 0.25) is 5.02 Å². The Bertz CT molecular complexity index is 854. The number of rotatable bonds is 6. The first-order valence-corrected chi connectivity index (χ1v) is 11.1. The van der Waals surface area contributed by atoms with E-state index >= 15 is 0 Å². The van der Waals surface area contributed by atoms with E-state index in [0.717, 1.165) is 29.0 Å². The highest BCUT2D eigenvalue weighted by molar-refractivity contribution is 6.30. The van der Waals surface area contributed by atoms with E-state index in [0.29, 0.717) is 19.0 Å². The lowest BCUT2D eigenvalue weighted by Gasteiger charge is -2.35. The predicted octanol–water partition coefficient (Wildman–Crippen LogP) is 4.74. The molecular formula is C25H31ClN2O2. The van der Waals surface area contributed by atoms with Crippen molar-refractivity contribution in [1.29, 1.82) is 0 Å². The average Bonchev–Trinajstić information content (AvgIpc) is 2.74. The number of nitrogens with one attached hydrogen (secondary N) is 1. The molecule has 30 heavy (non-hydrogen) atoms. The predicted molar refractivity (Wildman–Crippen MR) is 122 cm³/mol. The summed E-state index contributed by atoms with van der Waals surface area (Å²) in [5.41, 5.74) is 3.39. The fraction of sp³-hybridized carbons (Fsp3) is 0.440. The summed E-state index contributed by atoms with van der Waals surface area (Å²) < 4.78 is 0. The van der Waals surface area contributed by atoms with E-state index in [2.05, 4.69) is 17.4 Å². The minimum absolute atomic E-state index is 0.0248. The van der Waals surface area contributed by atoms with E-state index in [4.69, 9.17) is 11.6 Å². The van der Waals surface area contributed by atoms with Gasteiger partial charge in [-0.2, -0.15) is 0 Å². The summed E-state index contributed by atoms with van der Waals surface area (Å²) in [6.45, 7) is 7.41. The van der Waals surface area contributed by atoms with Gasteiger partial charge in [-0.25, -0.2) is 0 Å². The average molecular weight is 427 g/mol. The van der Waals surface area contributed by atoms with E-state index in [1.54, 1.807) is 0 Å². The molecule has 160 valence electrons. The minimum atomic E-state index is -0.491. The maximum atomic E-state index is 13.2. The van der Waals surface area contributed by atoms with Gasteiger partial charge in [0.25, 0.3) is 0 Å². The lowest BCUT2D eigenvalue weighted by molar-refractivity contribution is -0.138. The van der Waals surface area contributed by atoms with E-state index in [1.165, 1.54) is 5.56 Å². The van der Waals surface area contributed by atoms with Crippen molar-refractivity contribution in [3.8, 4) is 0 Å². The summed E-state index contributed by atoms with van der Waals surface area (Å²) in [6.07, 6.45) is 2.14. The summed E-state index contributed by atoms with van der Waals surface area (Å²) in [5.74, 6) is 0.396. The molecule has 1 aliphatic heterocycles. The summed E-state index contributed by atoms with van der Waals surface area (Å²) >= 11 is 5.99. The van der Waals surface area contributed by atoms with Gasteiger partial charge in [0, 0.05) is 18.1 Å². The maximum absolute atomic E-state index is 13.2. The van der Waals surface area contributed by atoms with Gasteiger partial charge >= 0.3 is 0 Å². The lowest BCUT2D eigenvalue weighted by atomic mass is 9.89. The molecule has 1 fully saturated rings. The van der Waals surface area contributed by atoms with Crippen molar-refractivity contribution in [3.63, 3.8) is 0 Å². The van der Waals surface area contributed by atoms with Crippen molar-refractivity contribution in [2.75, 3.05) is 13.1 Å². The second-order valence-corrected chi connectivity index (χ2v) is 9.04. The van der Waals surface area contributed by atoms with Crippen molar-refractivity contribution in [3.05, 3.63) is 70.2 Å². The number of hydrogen-bond donors (Lipinski definition) is 1. The molecule has 1 aliphatic rings. The molecule has 1 N–H and O–H groups in total. The number of nitrogens with zero attached hydrogens (tertiary/aromatic N) is 1. The fourth-order valence-corrected chi connectivity index (χ4v) is 4.12. The molecule has 1 heterocycles. The first kappa shape index (κ1) is 22.4. The normalized spacial score (nSPS) is 15.8. The van der Waals surface area contributed by atoms with Crippen LogP contribution >= 0.6 is 11.6 Å². The largest absolute Gasteiger partial charge is 0.344 e. The number of amides is 2. The van der Waals surface area contributed by atoms with Crippen LogP contribution in [0.5, 0.6) is 0 Å². The van der Waals surface area contributed by atoms with Crippen molar-refractivity contribution < 1.29 is 9.59 Å². The quantitative estimate of drug-likeness (QED) is 0.725. The topological polar surface area (TPSA) is 49.4 Å². The van der Waals surface area contributed by atoms with Crippen molar-refractivity contribution in [2.24, 2.45) is 5.92 Å². The van der Waals surface area contributed by atoms with Crippen LogP contribution in [0.4, 0.5) is 0 Å². The van der Waals surface area contributed by atoms with Gasteiger partial charge in [0.15, 0.2) is 0 Å². The van der Waals surface area contributed by atoms with Gasteiger partial charge in [-0.05, 0) is 54.9 Å². The Morgan fingerprint density at radius 1 is 1.03 bits per heavy atom. The Hall–Kier alpha value is -2.33. The van der Waals surface area contributed by atoms with E-state index in [1.807, 2.05) is 62.1 Å². The molecule has 0 spiro atoms. The second-order valence-electron chi connectivity index (χ2n) is 8.60. The third kappa shape index (κ3) is 5.85. The number of carbonyl (C=O) groups excluding carboxylic acids is 2. The SMILES string of the molecule is Cc1ccc(CC(=O)N[C@@H](C(=O)N2CCC(c3ccc(Cl)cc3)CC2)C(C)C)cc1. The number of carbonyl (C=O) groups is 2. The molecule has 0 radical (unpaired) electrons. The highest BCUT2D eigenvalue weighted by Crippen LogP contribution is 2.29. The van der Waals surface area contributed by atoms with Gasteiger partial charge < -0.3 is 10.2 Å². The highest BCUT2D eigenvalue weighted by atomic mass is 35.5. The molecule has 2 aromatic rings. The third-order valence-electron chi connectivity index (χ3n) is 5.88. The standard InChI is InChI=1S/C25H31ClN2O2/c1-17(2)24(27-23(29)16-19-6-4-18(3)5-7-19)25(30)28-14-12-21(13-15-28)20-8-10-22(26)11-9-20/h4-11,17,21,24H,12-16H2,1-3H3,(H,27,29)/t24-/m1/s1. The number of hydrogen-bond acceptors (Lipinski definition) is 2. The zero-order valence-electron chi connectivity index (χ0n) is 18.0. The van der Waals surface area contributed by atoms with Gasteiger partial charge in [0.1, 0.15) is 6.04 Å². The van der Waals surface area contributed by atoms with Gasteiger partial charge in [0.2, 0.25) is 11.8 Å². The molecule has 5 heteroatoms. The van der Waals surface area contributed by atoms with E-state index in [-0.39, 0.29) is 24.2 Å². The Morgan fingerprint density at radius 2 is 1.63 bits per heavy atom. The summed E-state index contributed by atoms with van der Waals surface area (Å²) in [7, 11) is 0. The second kappa shape index (κ2) is 10.1. The smallest absolute Gasteiger partial charge is 0.245 e. The summed E-state index contributed by atoms with van der Waals surface area (Å²) in [4.78, 5) is 27.6. The Kier molecular flexibility index (Phi) is 7.54. The molecular weight excluding hydrogens is 396 g/mol. The molecule has 0 aliphatic carbocycles. The summed E-state index contributed by atoms with van der Waals surface area (Å²) in [5, 5.41) is 3.72. The van der Waals surface area contributed by atoms with Crippen LogP contribution in [0.1, 0.15) is 49.3 Å². The molecule has 1 atom stereocenters. The molecule has 3 rings (SSSR count). The first-order valence-electron chi connectivity index (χ1n) is 10.7. The van der Waals surface area contributed by atoms with E-state index < -0.39 is 6.04 Å².